The summed E-state index contributed by atoms with van der Waals surface area (Å²) in [5, 5.41) is 6.36. The van der Waals surface area contributed by atoms with Gasteiger partial charge in [0.1, 0.15) is 6.04 Å². The van der Waals surface area contributed by atoms with Crippen LogP contribution in [0.25, 0.3) is 0 Å². The molecule has 6 nitrogen and oxygen atoms in total. The molecule has 0 saturated carbocycles. The van der Waals surface area contributed by atoms with Crippen LogP contribution in [0.15, 0.2) is 65.8 Å². The third kappa shape index (κ3) is 4.85. The summed E-state index contributed by atoms with van der Waals surface area (Å²) in [4.78, 5) is 27.8. The number of hydrogen-bond donors (Lipinski definition) is 0. The molecule has 2 aliphatic heterocycles. The average molecular weight is 420 g/mol. The average Bonchev–Trinajstić information content (AvgIpc) is 3.26. The van der Waals surface area contributed by atoms with Crippen LogP contribution in [0.2, 0.25) is 0 Å². The van der Waals surface area contributed by atoms with E-state index in [0.717, 1.165) is 36.1 Å². The topological polar surface area (TPSA) is 62.2 Å². The predicted octanol–water partition coefficient (Wildman–Crippen LogP) is 3.78. The summed E-state index contributed by atoms with van der Waals surface area (Å²) in [5.74, 6) is -0.319. The van der Waals surface area contributed by atoms with Crippen LogP contribution in [0.4, 0.5) is 0 Å². The summed E-state index contributed by atoms with van der Waals surface area (Å²) in [7, 11) is 0. The maximum Gasteiger partial charge on any atom is 0.323 e. The van der Waals surface area contributed by atoms with Crippen molar-refractivity contribution in [1.29, 1.82) is 0 Å². The van der Waals surface area contributed by atoms with Crippen molar-refractivity contribution in [2.45, 2.75) is 44.7 Å². The highest BCUT2D eigenvalue weighted by Gasteiger charge is 2.36. The van der Waals surface area contributed by atoms with E-state index in [-0.39, 0.29) is 30.5 Å². The molecule has 0 radical (unpaired) electrons. The zero-order valence-electron chi connectivity index (χ0n) is 17.9. The number of rotatable bonds is 6. The third-order valence-corrected chi connectivity index (χ3v) is 5.97. The molecular formula is C25H29N3O3. The van der Waals surface area contributed by atoms with Gasteiger partial charge in [-0.15, -0.1) is 0 Å². The van der Waals surface area contributed by atoms with E-state index >= 15 is 0 Å². The second-order valence-corrected chi connectivity index (χ2v) is 8.02. The number of hydrogen-bond acceptors (Lipinski definition) is 5. The van der Waals surface area contributed by atoms with Gasteiger partial charge in [0.15, 0.2) is 0 Å². The van der Waals surface area contributed by atoms with Gasteiger partial charge >= 0.3 is 5.97 Å². The van der Waals surface area contributed by atoms with Crippen LogP contribution in [0.3, 0.4) is 0 Å². The second kappa shape index (κ2) is 9.88. The maximum atomic E-state index is 13.4. The molecule has 0 bridgehead atoms. The molecule has 31 heavy (non-hydrogen) atoms. The number of ether oxygens (including phenoxy) is 1. The summed E-state index contributed by atoms with van der Waals surface area (Å²) >= 11 is 0. The molecule has 162 valence electrons. The Morgan fingerprint density at radius 2 is 1.74 bits per heavy atom. The minimum Gasteiger partial charge on any atom is -0.465 e. The number of amides is 1. The first-order chi connectivity index (χ1) is 15.2. The van der Waals surface area contributed by atoms with Crippen molar-refractivity contribution in [3.63, 3.8) is 0 Å². The number of likely N-dealkylation sites (tertiary alicyclic amines) is 1. The Balaban J connectivity index is 1.57. The number of piperidine rings is 1. The summed E-state index contributed by atoms with van der Waals surface area (Å²) in [6.45, 7) is 3.04. The smallest absolute Gasteiger partial charge is 0.323 e. The third-order valence-electron chi connectivity index (χ3n) is 5.97. The summed E-state index contributed by atoms with van der Waals surface area (Å²) in [5.41, 5.74) is 3.00. The number of esters is 1. The monoisotopic (exact) mass is 419 g/mol. The molecule has 2 aromatic rings. The fourth-order valence-electron chi connectivity index (χ4n) is 4.41. The van der Waals surface area contributed by atoms with Gasteiger partial charge in [-0.25, -0.2) is 5.01 Å². The van der Waals surface area contributed by atoms with Crippen LogP contribution >= 0.6 is 0 Å². The Hall–Kier alpha value is -2.99. The standard InChI is InChI=1S/C25H29N3O3/c1-2-31-25(30)22-15-9-10-16-27(22)18-24(29)28-23(20-13-7-4-8-14-20)17-21(26-28)19-11-5-3-6-12-19/h3-8,11-14,22-23H,2,9-10,15-18H2,1H3/t22-,23+/m1/s1. The minimum atomic E-state index is -0.354. The molecule has 2 atom stereocenters. The fourth-order valence-corrected chi connectivity index (χ4v) is 4.41. The van der Waals surface area contributed by atoms with Gasteiger partial charge < -0.3 is 4.74 Å². The molecule has 6 heteroatoms. The predicted molar refractivity (Wildman–Crippen MR) is 119 cm³/mol. The molecule has 0 spiro atoms. The van der Waals surface area contributed by atoms with Crippen LogP contribution in [-0.4, -0.2) is 53.2 Å². The number of carbonyl (C=O) groups is 2. The highest BCUT2D eigenvalue weighted by molar-refractivity contribution is 6.03. The number of carbonyl (C=O) groups excluding carboxylic acids is 2. The van der Waals surface area contributed by atoms with Crippen LogP contribution < -0.4 is 0 Å². The highest BCUT2D eigenvalue weighted by Crippen LogP contribution is 2.33. The highest BCUT2D eigenvalue weighted by atomic mass is 16.5. The molecule has 2 heterocycles. The minimum absolute atomic E-state index is 0.0871. The molecule has 1 fully saturated rings. The Kier molecular flexibility index (Phi) is 6.77. The van der Waals surface area contributed by atoms with Crippen molar-refractivity contribution in [1.82, 2.24) is 9.91 Å². The number of nitrogens with zero attached hydrogens (tertiary/aromatic N) is 3. The lowest BCUT2D eigenvalue weighted by atomic mass is 9.98. The van der Waals surface area contributed by atoms with Crippen LogP contribution in [0, 0.1) is 0 Å². The zero-order chi connectivity index (χ0) is 21.6. The van der Waals surface area contributed by atoms with Crippen molar-refractivity contribution in [2.24, 2.45) is 5.10 Å². The lowest BCUT2D eigenvalue weighted by Crippen LogP contribution is -2.49. The Labute approximate surface area is 183 Å². The number of hydrazone groups is 1. The van der Waals surface area contributed by atoms with E-state index in [9.17, 15) is 9.59 Å². The van der Waals surface area contributed by atoms with E-state index in [1.54, 1.807) is 5.01 Å². The van der Waals surface area contributed by atoms with Gasteiger partial charge in [-0.05, 0) is 37.4 Å². The Morgan fingerprint density at radius 3 is 2.45 bits per heavy atom. The van der Waals surface area contributed by atoms with E-state index in [2.05, 4.69) is 0 Å². The molecule has 2 aromatic carbocycles. The van der Waals surface area contributed by atoms with Gasteiger partial charge in [0.25, 0.3) is 5.91 Å². The van der Waals surface area contributed by atoms with Crippen LogP contribution in [0.5, 0.6) is 0 Å². The Morgan fingerprint density at radius 1 is 1.03 bits per heavy atom. The molecule has 1 saturated heterocycles. The molecule has 0 aliphatic carbocycles. The van der Waals surface area contributed by atoms with Gasteiger partial charge in [-0.1, -0.05) is 67.1 Å². The summed E-state index contributed by atoms with van der Waals surface area (Å²) in [6, 6.07) is 19.5. The van der Waals surface area contributed by atoms with Crippen LogP contribution in [-0.2, 0) is 14.3 Å². The number of benzene rings is 2. The van der Waals surface area contributed by atoms with E-state index in [1.807, 2.05) is 72.5 Å². The normalized spacial score (nSPS) is 21.6. The van der Waals surface area contributed by atoms with Crippen molar-refractivity contribution in [2.75, 3.05) is 19.7 Å². The van der Waals surface area contributed by atoms with Gasteiger partial charge in [0, 0.05) is 6.42 Å². The molecule has 1 amide bonds. The summed E-state index contributed by atoms with van der Waals surface area (Å²) in [6.07, 6.45) is 3.35. The SMILES string of the molecule is CCOC(=O)[C@H]1CCCCN1CC(=O)N1N=C(c2ccccc2)C[C@H]1c1ccccc1. The van der Waals surface area contributed by atoms with Gasteiger partial charge in [-0.3, -0.25) is 14.5 Å². The van der Waals surface area contributed by atoms with Crippen molar-refractivity contribution >= 4 is 17.6 Å². The lowest BCUT2D eigenvalue weighted by Gasteiger charge is -2.34. The fraction of sp³-hybridized carbons (Fsp3) is 0.400. The molecule has 0 unspecified atom stereocenters. The first kappa shape index (κ1) is 21.2. The molecule has 0 aromatic heterocycles. The van der Waals surface area contributed by atoms with E-state index in [0.29, 0.717) is 19.6 Å². The lowest BCUT2D eigenvalue weighted by molar-refractivity contribution is -0.152. The zero-order valence-corrected chi connectivity index (χ0v) is 17.9. The van der Waals surface area contributed by atoms with Gasteiger partial charge in [-0.2, -0.15) is 5.10 Å². The quantitative estimate of drug-likeness (QED) is 0.669. The molecule has 2 aliphatic rings. The van der Waals surface area contributed by atoms with E-state index < -0.39 is 0 Å². The van der Waals surface area contributed by atoms with Crippen molar-refractivity contribution in [3.05, 3.63) is 71.8 Å². The molecular weight excluding hydrogens is 390 g/mol. The van der Waals surface area contributed by atoms with Gasteiger partial charge in [0.2, 0.25) is 0 Å². The largest absolute Gasteiger partial charge is 0.465 e. The Bertz CT molecular complexity index is 930. The summed E-state index contributed by atoms with van der Waals surface area (Å²) < 4.78 is 5.25. The van der Waals surface area contributed by atoms with Crippen molar-refractivity contribution in [3.8, 4) is 0 Å². The van der Waals surface area contributed by atoms with Crippen molar-refractivity contribution < 1.29 is 14.3 Å². The van der Waals surface area contributed by atoms with Gasteiger partial charge in [0.05, 0.1) is 24.9 Å². The second-order valence-electron chi connectivity index (χ2n) is 8.02. The van der Waals surface area contributed by atoms with E-state index in [4.69, 9.17) is 9.84 Å². The molecule has 4 rings (SSSR count). The molecule has 0 N–H and O–H groups in total. The van der Waals surface area contributed by atoms with Crippen LogP contribution in [0.1, 0.15) is 49.8 Å². The van der Waals surface area contributed by atoms with E-state index in [1.165, 1.54) is 0 Å². The first-order valence-corrected chi connectivity index (χ1v) is 11.1. The maximum absolute atomic E-state index is 13.4. The first-order valence-electron chi connectivity index (χ1n) is 11.1.